The summed E-state index contributed by atoms with van der Waals surface area (Å²) in [5, 5.41) is 20.1. The molecule has 164 valence electrons. The largest absolute Gasteiger partial charge is 0.387 e. The molecule has 29 heavy (non-hydrogen) atoms. The summed E-state index contributed by atoms with van der Waals surface area (Å²) >= 11 is 5.74. The molecule has 1 aromatic heterocycles. The number of ether oxygens (including phenoxy) is 1. The van der Waals surface area contributed by atoms with Crippen molar-refractivity contribution in [3.8, 4) is 0 Å². The van der Waals surface area contributed by atoms with Gasteiger partial charge in [-0.25, -0.2) is 4.79 Å². The normalized spacial score (nSPS) is 27.0. The zero-order chi connectivity index (χ0) is 22.3. The number of hydrogen-bond donors (Lipinski definition) is 5. The van der Waals surface area contributed by atoms with Crippen LogP contribution in [0.15, 0.2) is 22.4 Å². The van der Waals surface area contributed by atoms with Crippen molar-refractivity contribution in [1.82, 2.24) is 9.13 Å². The van der Waals surface area contributed by atoms with E-state index in [0.717, 1.165) is 17.8 Å². The van der Waals surface area contributed by atoms with Crippen molar-refractivity contribution in [3.63, 3.8) is 0 Å². The minimum Gasteiger partial charge on any atom is -0.387 e. The first-order chi connectivity index (χ1) is 13.1. The highest BCUT2D eigenvalue weighted by atomic mass is 35.5. The van der Waals surface area contributed by atoms with Crippen LogP contribution in [0.4, 0.5) is 0 Å². The molecular formula is C13H19ClN2O11P2. The van der Waals surface area contributed by atoms with E-state index in [2.05, 4.69) is 11.1 Å². The molecule has 0 spiro atoms. The predicted molar refractivity (Wildman–Crippen MR) is 99.4 cm³/mol. The van der Waals surface area contributed by atoms with Crippen molar-refractivity contribution >= 4 is 31.8 Å². The maximum Gasteiger partial charge on any atom is 0.340 e. The number of aliphatic hydroxyl groups is 2. The van der Waals surface area contributed by atoms with Crippen LogP contribution < -0.4 is 11.2 Å². The van der Waals surface area contributed by atoms with Gasteiger partial charge in [0, 0.05) is 18.3 Å². The lowest BCUT2D eigenvalue weighted by Gasteiger charge is -2.19. The van der Waals surface area contributed by atoms with Gasteiger partial charge in [0.1, 0.15) is 18.3 Å². The van der Waals surface area contributed by atoms with Crippen LogP contribution in [-0.4, -0.2) is 64.8 Å². The van der Waals surface area contributed by atoms with Crippen LogP contribution in [0.25, 0.3) is 5.03 Å². The molecule has 0 aromatic carbocycles. The highest BCUT2D eigenvalue weighted by Crippen LogP contribution is 2.55. The highest BCUT2D eigenvalue weighted by molar-refractivity contribution is 7.70. The molecule has 0 radical (unpaired) electrons. The first-order valence-corrected chi connectivity index (χ1v) is 11.8. The van der Waals surface area contributed by atoms with E-state index < -0.39 is 63.5 Å². The summed E-state index contributed by atoms with van der Waals surface area (Å²) < 4.78 is 33.9. The molecule has 2 heterocycles. The lowest BCUT2D eigenvalue weighted by Crippen LogP contribution is -2.43. The van der Waals surface area contributed by atoms with E-state index in [4.69, 9.17) is 26.1 Å². The van der Waals surface area contributed by atoms with Crippen LogP contribution in [0.2, 0.25) is 0 Å². The van der Waals surface area contributed by atoms with E-state index in [1.807, 2.05) is 0 Å². The van der Waals surface area contributed by atoms with Gasteiger partial charge in [-0.05, 0) is 0 Å². The van der Waals surface area contributed by atoms with Gasteiger partial charge in [0.25, 0.3) is 5.56 Å². The van der Waals surface area contributed by atoms with E-state index in [9.17, 15) is 33.8 Å². The van der Waals surface area contributed by atoms with Gasteiger partial charge in [0.05, 0.1) is 12.2 Å². The summed E-state index contributed by atoms with van der Waals surface area (Å²) in [6.07, 6.45) is -5.38. The number of nitrogens with zero attached hydrogens (tertiary/aromatic N) is 2. The Morgan fingerprint density at radius 2 is 1.86 bits per heavy atom. The van der Waals surface area contributed by atoms with Crippen molar-refractivity contribution in [1.29, 1.82) is 0 Å². The Morgan fingerprint density at radius 1 is 1.28 bits per heavy atom. The molecule has 1 fully saturated rings. The summed E-state index contributed by atoms with van der Waals surface area (Å²) in [6.45, 7) is 2.58. The fourth-order valence-corrected chi connectivity index (χ4v) is 5.32. The van der Waals surface area contributed by atoms with Crippen LogP contribution in [0.3, 0.4) is 0 Å². The van der Waals surface area contributed by atoms with Gasteiger partial charge in [0.2, 0.25) is 0 Å². The molecule has 0 saturated carbocycles. The smallest absolute Gasteiger partial charge is 0.340 e. The fraction of sp³-hybridized carbons (Fsp3) is 0.538. The second kappa shape index (κ2) is 8.56. The van der Waals surface area contributed by atoms with Gasteiger partial charge in [0.15, 0.2) is 12.1 Å². The topological polar surface area (TPSA) is 198 Å². The summed E-state index contributed by atoms with van der Waals surface area (Å²) in [7, 11) is -8.44. The third-order valence-electron chi connectivity index (χ3n) is 4.02. The van der Waals surface area contributed by atoms with Crippen molar-refractivity contribution < 1.29 is 43.3 Å². The zero-order valence-electron chi connectivity index (χ0n) is 14.9. The van der Waals surface area contributed by atoms with E-state index in [1.165, 1.54) is 0 Å². The molecule has 16 heteroatoms. The third-order valence-corrected chi connectivity index (χ3v) is 7.68. The average Bonchev–Trinajstić information content (AvgIpc) is 2.84. The number of rotatable bonds is 7. The summed E-state index contributed by atoms with van der Waals surface area (Å²) in [6, 6.07) is 0. The van der Waals surface area contributed by atoms with Crippen molar-refractivity contribution in [2.75, 3.05) is 12.5 Å². The zero-order valence-corrected chi connectivity index (χ0v) is 17.4. The van der Waals surface area contributed by atoms with Crippen LogP contribution in [-0.2, 0) is 25.4 Å². The van der Waals surface area contributed by atoms with Crippen molar-refractivity contribution in [3.05, 3.63) is 39.2 Å². The molecule has 0 aliphatic carbocycles. The third kappa shape index (κ3) is 5.53. The molecule has 2 rings (SSSR count). The molecular weight excluding hydrogens is 458 g/mol. The Labute approximate surface area is 168 Å². The lowest BCUT2D eigenvalue weighted by molar-refractivity contribution is -0.0529. The monoisotopic (exact) mass is 476 g/mol. The Balaban J connectivity index is 2.28. The van der Waals surface area contributed by atoms with Crippen LogP contribution >= 0.6 is 26.8 Å². The molecule has 5 atom stereocenters. The van der Waals surface area contributed by atoms with Gasteiger partial charge in [-0.3, -0.25) is 23.1 Å². The van der Waals surface area contributed by atoms with Crippen LogP contribution in [0, 0.1) is 0 Å². The quantitative estimate of drug-likeness (QED) is 0.293. The molecule has 1 unspecified atom stereocenters. The first-order valence-electron chi connectivity index (χ1n) is 7.84. The molecule has 0 amide bonds. The SMILES string of the molecule is C=C(Cl)c1cn([C@@H]2O[C@H](COP(=O)(O)CP(=O)(O)O)[C@@H](O)[C@H]2O)c(=O)n(C)c1=O. The number of aromatic nitrogens is 2. The van der Waals surface area contributed by atoms with Gasteiger partial charge >= 0.3 is 20.9 Å². The van der Waals surface area contributed by atoms with Crippen LogP contribution in [0.1, 0.15) is 11.8 Å². The molecule has 1 aliphatic rings. The molecule has 1 aromatic rings. The minimum atomic E-state index is -4.86. The van der Waals surface area contributed by atoms with Gasteiger partial charge in [-0.15, -0.1) is 0 Å². The Hall–Kier alpha value is -1.11. The summed E-state index contributed by atoms with van der Waals surface area (Å²) in [5.74, 6) is -1.45. The molecule has 1 saturated heterocycles. The maximum atomic E-state index is 12.4. The predicted octanol–water partition coefficient (Wildman–Crippen LogP) is -1.29. The number of hydrogen-bond acceptors (Lipinski definition) is 8. The Morgan fingerprint density at radius 3 is 2.38 bits per heavy atom. The fourth-order valence-electron chi connectivity index (χ4n) is 2.62. The molecule has 1 aliphatic heterocycles. The summed E-state index contributed by atoms with van der Waals surface area (Å²) in [4.78, 5) is 51.4. The van der Waals surface area contributed by atoms with Gasteiger partial charge in [-0.1, -0.05) is 18.2 Å². The Kier molecular flexibility index (Phi) is 7.13. The second-order valence-electron chi connectivity index (χ2n) is 6.29. The average molecular weight is 477 g/mol. The maximum absolute atomic E-state index is 12.4. The van der Waals surface area contributed by atoms with E-state index in [1.54, 1.807) is 0 Å². The van der Waals surface area contributed by atoms with Crippen LogP contribution in [0.5, 0.6) is 0 Å². The van der Waals surface area contributed by atoms with Gasteiger partial charge in [-0.2, -0.15) is 0 Å². The first kappa shape index (κ1) is 24.2. The Bertz CT molecular complexity index is 1010. The van der Waals surface area contributed by atoms with Gasteiger partial charge < -0.3 is 34.2 Å². The van der Waals surface area contributed by atoms with E-state index in [0.29, 0.717) is 4.57 Å². The minimum absolute atomic E-state index is 0.166. The highest BCUT2D eigenvalue weighted by Gasteiger charge is 2.45. The number of halogens is 1. The number of aliphatic hydroxyl groups excluding tert-OH is 2. The molecule has 13 nitrogen and oxygen atoms in total. The van der Waals surface area contributed by atoms with E-state index >= 15 is 0 Å². The molecule has 0 bridgehead atoms. The van der Waals surface area contributed by atoms with Crippen molar-refractivity contribution in [2.45, 2.75) is 24.5 Å². The van der Waals surface area contributed by atoms with Crippen molar-refractivity contribution in [2.24, 2.45) is 7.05 Å². The second-order valence-corrected chi connectivity index (χ2v) is 10.7. The lowest BCUT2D eigenvalue weighted by atomic mass is 10.1. The summed E-state index contributed by atoms with van der Waals surface area (Å²) in [5.41, 5.74) is -1.83. The van der Waals surface area contributed by atoms with E-state index in [-0.39, 0.29) is 10.6 Å². The molecule has 5 N–H and O–H groups in total. The standard InChI is InChI=1S/C13H19ClN2O11P2/c1-6(14)7-3-16(13(20)15(2)11(7)19)12-10(18)9(17)8(27-12)4-26-29(24,25)5-28(21,22)23/h3,8-10,12,17-18H,1,4-5H2,2H3,(H,24,25)(H2,21,22,23)/t8-,9-,10-,12-/m1/s1.